The van der Waals surface area contributed by atoms with Crippen LogP contribution in [0.3, 0.4) is 0 Å². The van der Waals surface area contributed by atoms with Gasteiger partial charge in [-0.3, -0.25) is 14.5 Å². The molecule has 3 aromatic heterocycles. The number of thioether (sulfide) groups is 1. The van der Waals surface area contributed by atoms with Crippen LogP contribution in [0.25, 0.3) is 11.4 Å². The topological polar surface area (TPSA) is 77.6 Å². The van der Waals surface area contributed by atoms with Gasteiger partial charge in [0.15, 0.2) is 5.82 Å². The van der Waals surface area contributed by atoms with E-state index in [1.807, 2.05) is 65.1 Å². The van der Waals surface area contributed by atoms with E-state index in [1.165, 1.54) is 11.8 Å². The Morgan fingerprint density at radius 3 is 2.72 bits per heavy atom. The molecule has 7 nitrogen and oxygen atoms in total. The first-order valence-corrected chi connectivity index (χ1v) is 10.2. The largest absolute Gasteiger partial charge is 0.325 e. The zero-order chi connectivity index (χ0) is 20.2. The lowest BCUT2D eigenvalue weighted by Crippen LogP contribution is -2.16. The van der Waals surface area contributed by atoms with Crippen molar-refractivity contribution in [3.8, 4) is 11.4 Å². The van der Waals surface area contributed by atoms with Crippen molar-refractivity contribution in [2.24, 2.45) is 0 Å². The summed E-state index contributed by atoms with van der Waals surface area (Å²) in [5.41, 5.74) is 2.45. The van der Waals surface area contributed by atoms with Crippen LogP contribution in [0.2, 0.25) is 5.02 Å². The quantitative estimate of drug-likeness (QED) is 0.470. The molecule has 146 valence electrons. The zero-order valence-electron chi connectivity index (χ0n) is 15.5. The Bertz CT molecular complexity index is 1130. The van der Waals surface area contributed by atoms with Crippen molar-refractivity contribution in [1.82, 2.24) is 24.5 Å². The number of nitrogens with one attached hydrogen (secondary N) is 1. The second-order valence-electron chi connectivity index (χ2n) is 6.22. The maximum atomic E-state index is 12.4. The lowest BCUT2D eigenvalue weighted by atomic mass is 10.2. The fraction of sp³-hybridized carbons (Fsp3) is 0.100. The smallest absolute Gasteiger partial charge is 0.234 e. The Morgan fingerprint density at radius 2 is 2.00 bits per heavy atom. The van der Waals surface area contributed by atoms with Gasteiger partial charge in [0.25, 0.3) is 0 Å². The molecule has 0 aliphatic carbocycles. The highest BCUT2D eigenvalue weighted by atomic mass is 35.5. The van der Waals surface area contributed by atoms with Crippen LogP contribution in [0.15, 0.2) is 72.4 Å². The van der Waals surface area contributed by atoms with E-state index >= 15 is 0 Å². The number of nitrogens with zero attached hydrogens (tertiary/aromatic N) is 5. The van der Waals surface area contributed by atoms with E-state index < -0.39 is 0 Å². The van der Waals surface area contributed by atoms with E-state index in [0.717, 1.165) is 11.1 Å². The molecule has 0 aliphatic rings. The number of anilines is 1. The number of amides is 1. The van der Waals surface area contributed by atoms with Gasteiger partial charge in [-0.15, -0.1) is 10.2 Å². The van der Waals surface area contributed by atoms with Crippen molar-refractivity contribution in [2.75, 3.05) is 11.1 Å². The fourth-order valence-electron chi connectivity index (χ4n) is 2.70. The van der Waals surface area contributed by atoms with Crippen molar-refractivity contribution in [3.05, 3.63) is 77.8 Å². The minimum atomic E-state index is -0.153. The molecule has 9 heteroatoms. The van der Waals surface area contributed by atoms with E-state index in [9.17, 15) is 4.79 Å². The lowest BCUT2D eigenvalue weighted by Gasteiger charge is -2.11. The number of aryl methyl sites for hydroxylation is 1. The Morgan fingerprint density at radius 1 is 1.17 bits per heavy atom. The molecular formula is C20H17ClN6OS. The van der Waals surface area contributed by atoms with E-state index in [-0.39, 0.29) is 11.7 Å². The predicted molar refractivity (Wildman–Crippen MR) is 114 cm³/mol. The van der Waals surface area contributed by atoms with Gasteiger partial charge in [0.05, 0.1) is 5.75 Å². The van der Waals surface area contributed by atoms with Crippen LogP contribution in [0.1, 0.15) is 5.56 Å². The maximum Gasteiger partial charge on any atom is 0.234 e. The van der Waals surface area contributed by atoms with Gasteiger partial charge in [0.1, 0.15) is 0 Å². The molecule has 4 rings (SSSR count). The van der Waals surface area contributed by atoms with Gasteiger partial charge in [-0.2, -0.15) is 0 Å². The average molecular weight is 425 g/mol. The molecule has 1 N–H and O–H groups in total. The second kappa shape index (κ2) is 8.50. The molecule has 0 saturated carbocycles. The molecule has 1 aromatic carbocycles. The van der Waals surface area contributed by atoms with Crippen molar-refractivity contribution in [3.63, 3.8) is 0 Å². The van der Waals surface area contributed by atoms with Crippen LogP contribution >= 0.6 is 23.4 Å². The molecule has 0 bridgehead atoms. The van der Waals surface area contributed by atoms with E-state index in [1.54, 1.807) is 18.5 Å². The Balaban J connectivity index is 1.53. The summed E-state index contributed by atoms with van der Waals surface area (Å²) in [6.07, 6.45) is 7.22. The lowest BCUT2D eigenvalue weighted by molar-refractivity contribution is -0.113. The first kappa shape index (κ1) is 19.2. The highest BCUT2D eigenvalue weighted by Gasteiger charge is 2.17. The molecule has 29 heavy (non-hydrogen) atoms. The summed E-state index contributed by atoms with van der Waals surface area (Å²) < 4.78 is 3.71. The minimum absolute atomic E-state index is 0.153. The number of halogens is 1. The third kappa shape index (κ3) is 4.33. The van der Waals surface area contributed by atoms with Crippen molar-refractivity contribution in [1.29, 1.82) is 0 Å². The standard InChI is InChI=1S/C20H17ClN6OS/c1-14-6-7-16(11-17(14)21)23-18(28)13-29-20-25-24-19(15-5-4-8-22-12-15)27(20)26-9-2-3-10-26/h2-12H,13H2,1H3,(H,23,28). The Kier molecular flexibility index (Phi) is 5.64. The summed E-state index contributed by atoms with van der Waals surface area (Å²) in [5.74, 6) is 0.667. The Hall–Kier alpha value is -3.10. The van der Waals surface area contributed by atoms with Crippen LogP contribution in [0, 0.1) is 6.92 Å². The summed E-state index contributed by atoms with van der Waals surface area (Å²) in [7, 11) is 0. The molecule has 0 saturated heterocycles. The van der Waals surface area contributed by atoms with Gasteiger partial charge in [-0.25, -0.2) is 4.68 Å². The van der Waals surface area contributed by atoms with Crippen LogP contribution in [0.5, 0.6) is 0 Å². The number of rotatable bonds is 6. The highest BCUT2D eigenvalue weighted by Crippen LogP contribution is 2.24. The van der Waals surface area contributed by atoms with Gasteiger partial charge >= 0.3 is 0 Å². The van der Waals surface area contributed by atoms with Crippen LogP contribution < -0.4 is 5.32 Å². The number of hydrogen-bond donors (Lipinski definition) is 1. The first-order valence-electron chi connectivity index (χ1n) is 8.80. The molecule has 0 fully saturated rings. The monoisotopic (exact) mass is 424 g/mol. The van der Waals surface area contributed by atoms with Gasteiger partial charge < -0.3 is 5.32 Å². The van der Waals surface area contributed by atoms with Crippen LogP contribution in [0.4, 0.5) is 5.69 Å². The third-order valence-corrected chi connectivity index (χ3v) is 5.47. The predicted octanol–water partition coefficient (Wildman–Crippen LogP) is 4.15. The van der Waals surface area contributed by atoms with Crippen molar-refractivity contribution in [2.45, 2.75) is 12.1 Å². The van der Waals surface area contributed by atoms with Gasteiger partial charge in [-0.1, -0.05) is 29.4 Å². The third-order valence-electron chi connectivity index (χ3n) is 4.14. The normalized spacial score (nSPS) is 10.8. The molecule has 0 radical (unpaired) electrons. The first-order chi connectivity index (χ1) is 14.1. The zero-order valence-corrected chi connectivity index (χ0v) is 17.1. The van der Waals surface area contributed by atoms with E-state index in [4.69, 9.17) is 11.6 Å². The molecule has 4 aromatic rings. The van der Waals surface area contributed by atoms with E-state index in [0.29, 0.717) is 21.7 Å². The average Bonchev–Trinajstić information content (AvgIpc) is 3.39. The summed E-state index contributed by atoms with van der Waals surface area (Å²) >= 11 is 7.42. The molecule has 1 amide bonds. The summed E-state index contributed by atoms with van der Waals surface area (Å²) in [6.45, 7) is 1.91. The second-order valence-corrected chi connectivity index (χ2v) is 7.57. The van der Waals surface area contributed by atoms with E-state index in [2.05, 4.69) is 20.5 Å². The van der Waals surface area contributed by atoms with Crippen molar-refractivity contribution < 1.29 is 4.79 Å². The van der Waals surface area contributed by atoms with Gasteiger partial charge in [-0.05, 0) is 48.9 Å². The van der Waals surface area contributed by atoms with Crippen molar-refractivity contribution >= 4 is 35.0 Å². The number of hydrogen-bond acceptors (Lipinski definition) is 5. The summed E-state index contributed by atoms with van der Waals surface area (Å²) in [6, 6.07) is 13.0. The van der Waals surface area contributed by atoms with Crippen LogP contribution in [-0.4, -0.2) is 36.2 Å². The molecule has 0 unspecified atom stereocenters. The molecular weight excluding hydrogens is 408 g/mol. The van der Waals surface area contributed by atoms with Crippen LogP contribution in [-0.2, 0) is 4.79 Å². The summed E-state index contributed by atoms with van der Waals surface area (Å²) in [4.78, 5) is 16.6. The Labute approximate surface area is 176 Å². The minimum Gasteiger partial charge on any atom is -0.325 e. The number of carbonyl (C=O) groups excluding carboxylic acids is 1. The number of aromatic nitrogens is 5. The molecule has 3 heterocycles. The van der Waals surface area contributed by atoms with Gasteiger partial charge in [0.2, 0.25) is 11.1 Å². The number of pyridine rings is 1. The number of benzene rings is 1. The molecule has 0 aliphatic heterocycles. The number of carbonyl (C=O) groups is 1. The molecule has 0 spiro atoms. The maximum absolute atomic E-state index is 12.4. The summed E-state index contributed by atoms with van der Waals surface area (Å²) in [5, 5.41) is 12.7. The molecule has 0 atom stereocenters. The SMILES string of the molecule is Cc1ccc(NC(=O)CSc2nnc(-c3cccnc3)n2-n2cccc2)cc1Cl. The highest BCUT2D eigenvalue weighted by molar-refractivity contribution is 7.99. The van der Waals surface area contributed by atoms with Gasteiger partial charge in [0, 0.05) is 41.1 Å². The fourth-order valence-corrected chi connectivity index (χ4v) is 3.61.